The number of aliphatic carboxylic acids is 1. The number of nitrogens with zero attached hydrogens (tertiary/aromatic N) is 3. The number of anilines is 1. The average molecular weight is 560 g/mol. The van der Waals surface area contributed by atoms with Crippen molar-refractivity contribution < 1.29 is 50.5 Å². The van der Waals surface area contributed by atoms with Crippen molar-refractivity contribution in [3.05, 3.63) is 77.9 Å². The van der Waals surface area contributed by atoms with Crippen molar-refractivity contribution in [1.29, 1.82) is 0 Å². The van der Waals surface area contributed by atoms with Crippen LogP contribution in [0.2, 0.25) is 0 Å². The summed E-state index contributed by atoms with van der Waals surface area (Å²) in [5.41, 5.74) is 1.39. The zero-order chi connectivity index (χ0) is 28.6. The number of carbonyl (C=O) groups is 2. The van der Waals surface area contributed by atoms with Crippen molar-refractivity contribution in [2.45, 2.75) is 18.8 Å². The van der Waals surface area contributed by atoms with Crippen molar-refractivity contribution >= 4 is 17.7 Å². The van der Waals surface area contributed by atoms with E-state index in [-0.39, 0.29) is 37.4 Å². The number of rotatable bonds is 6. The van der Waals surface area contributed by atoms with Crippen LogP contribution in [0.25, 0.3) is 0 Å². The molecule has 0 aliphatic carbocycles. The molecule has 2 N–H and O–H groups in total. The summed E-state index contributed by atoms with van der Waals surface area (Å²) < 4.78 is 84.3. The molecule has 15 heteroatoms. The molecule has 9 nitrogen and oxygen atoms in total. The van der Waals surface area contributed by atoms with E-state index in [1.165, 1.54) is 18.3 Å². The van der Waals surface area contributed by atoms with Crippen LogP contribution in [-0.2, 0) is 16.1 Å². The molecule has 1 fully saturated rings. The number of morpholine rings is 1. The van der Waals surface area contributed by atoms with Gasteiger partial charge in [-0.05, 0) is 29.8 Å². The molecule has 0 saturated carbocycles. The fraction of sp³-hybridized carbons (Fsp3) is 0.292. The Bertz CT molecular complexity index is 1270. The molecule has 3 aromatic rings. The maximum Gasteiger partial charge on any atom is 0.490 e. The highest BCUT2D eigenvalue weighted by molar-refractivity contribution is 5.89. The smallest absolute Gasteiger partial charge is 0.488 e. The number of carboxylic acids is 1. The van der Waals surface area contributed by atoms with E-state index in [9.17, 15) is 31.1 Å². The second kappa shape index (κ2) is 13.0. The molecular weight excluding hydrogens is 538 g/mol. The Labute approximate surface area is 217 Å². The van der Waals surface area contributed by atoms with Gasteiger partial charge >= 0.3 is 18.2 Å². The largest absolute Gasteiger partial charge is 0.490 e. The van der Waals surface area contributed by atoms with E-state index < -0.39 is 29.9 Å². The summed E-state index contributed by atoms with van der Waals surface area (Å²) >= 11 is 0. The topological polar surface area (TPSA) is 106 Å². The highest BCUT2D eigenvalue weighted by Gasteiger charge is 2.38. The first-order valence-electron chi connectivity index (χ1n) is 11.2. The first-order valence-corrected chi connectivity index (χ1v) is 11.2. The monoisotopic (exact) mass is 560 g/mol. The fourth-order valence-electron chi connectivity index (χ4n) is 3.27. The molecule has 1 unspecified atom stereocenters. The van der Waals surface area contributed by atoms with Gasteiger partial charge in [0.25, 0.3) is 0 Å². The van der Waals surface area contributed by atoms with Crippen molar-refractivity contribution in [2.24, 2.45) is 0 Å². The van der Waals surface area contributed by atoms with Gasteiger partial charge in [-0.15, -0.1) is 0 Å². The summed E-state index contributed by atoms with van der Waals surface area (Å²) in [7, 11) is 0. The fourth-order valence-corrected chi connectivity index (χ4v) is 3.27. The summed E-state index contributed by atoms with van der Waals surface area (Å²) in [4.78, 5) is 23.1. The molecule has 2 aromatic carbocycles. The lowest BCUT2D eigenvalue weighted by Gasteiger charge is -2.32. The van der Waals surface area contributed by atoms with Crippen LogP contribution in [0.15, 0.2) is 54.9 Å². The number of carbonyl (C=O) groups excluding carboxylic acids is 1. The number of nitrogens with one attached hydrogen (secondary N) is 1. The van der Waals surface area contributed by atoms with E-state index >= 15 is 0 Å². The predicted molar refractivity (Wildman–Crippen MR) is 124 cm³/mol. The van der Waals surface area contributed by atoms with Crippen LogP contribution < -0.4 is 10.1 Å². The molecule has 2 heterocycles. The van der Waals surface area contributed by atoms with Gasteiger partial charge in [0.2, 0.25) is 0 Å². The van der Waals surface area contributed by atoms with Gasteiger partial charge < -0.3 is 24.8 Å². The molecule has 210 valence electrons. The number of halogens is 6. The van der Waals surface area contributed by atoms with E-state index in [0.717, 1.165) is 23.8 Å². The van der Waals surface area contributed by atoms with Crippen molar-refractivity contribution in [3.8, 4) is 5.75 Å². The molecule has 1 aliphatic rings. The molecule has 4 rings (SSSR count). The van der Waals surface area contributed by atoms with Crippen LogP contribution in [0.3, 0.4) is 0 Å². The molecule has 1 aliphatic heterocycles. The number of hydrogen-bond donors (Lipinski definition) is 2. The average Bonchev–Trinajstić information content (AvgIpc) is 3.32. The number of aromatic nitrogens is 2. The van der Waals surface area contributed by atoms with Gasteiger partial charge in [0.05, 0.1) is 31.6 Å². The SMILES string of the molecule is O=C(Nc1cnn(Cc2ccc(F)cc2)c1)N1CCOC(COc2cc(F)ccc2F)C1.O=C(O)C(F)(F)F. The van der Waals surface area contributed by atoms with E-state index in [1.54, 1.807) is 27.9 Å². The Hall–Kier alpha value is -4.27. The van der Waals surface area contributed by atoms with Gasteiger partial charge in [-0.1, -0.05) is 12.1 Å². The lowest BCUT2D eigenvalue weighted by molar-refractivity contribution is -0.192. The number of amides is 2. The van der Waals surface area contributed by atoms with E-state index in [2.05, 4.69) is 10.4 Å². The first kappa shape index (κ1) is 29.3. The molecule has 1 atom stereocenters. The third kappa shape index (κ3) is 9.21. The van der Waals surface area contributed by atoms with Gasteiger partial charge in [0.15, 0.2) is 11.6 Å². The maximum atomic E-state index is 13.7. The predicted octanol–water partition coefficient (Wildman–Crippen LogP) is 4.29. The summed E-state index contributed by atoms with van der Waals surface area (Å²) in [6.07, 6.45) is -2.37. The summed E-state index contributed by atoms with van der Waals surface area (Å²) in [6.45, 7) is 1.30. The Balaban J connectivity index is 0.000000532. The summed E-state index contributed by atoms with van der Waals surface area (Å²) in [5, 5.41) is 14.1. The zero-order valence-electron chi connectivity index (χ0n) is 20.0. The molecule has 39 heavy (non-hydrogen) atoms. The Morgan fingerprint density at radius 2 is 1.77 bits per heavy atom. The number of carboxylic acid groups (broad SMARTS) is 1. The normalized spacial score (nSPS) is 15.2. The number of urea groups is 1. The zero-order valence-corrected chi connectivity index (χ0v) is 20.0. The molecule has 1 aromatic heterocycles. The minimum atomic E-state index is -5.08. The third-order valence-corrected chi connectivity index (χ3v) is 5.13. The molecule has 0 bridgehead atoms. The van der Waals surface area contributed by atoms with Crippen LogP contribution in [0.1, 0.15) is 5.56 Å². The van der Waals surface area contributed by atoms with Crippen molar-refractivity contribution in [1.82, 2.24) is 14.7 Å². The van der Waals surface area contributed by atoms with Crippen molar-refractivity contribution in [3.63, 3.8) is 0 Å². The van der Waals surface area contributed by atoms with Gasteiger partial charge in [0, 0.05) is 18.8 Å². The molecular formula is C24H22F6N4O5. The lowest BCUT2D eigenvalue weighted by atomic mass is 10.2. The third-order valence-electron chi connectivity index (χ3n) is 5.13. The van der Waals surface area contributed by atoms with Gasteiger partial charge in [-0.3, -0.25) is 4.68 Å². The number of alkyl halides is 3. The van der Waals surface area contributed by atoms with E-state index in [1.807, 2.05) is 0 Å². The minimum absolute atomic E-state index is 0.0280. The summed E-state index contributed by atoms with van der Waals surface area (Å²) in [6, 6.07) is 8.71. The molecule has 0 radical (unpaired) electrons. The van der Waals surface area contributed by atoms with Crippen LogP contribution in [0.4, 0.5) is 36.8 Å². The van der Waals surface area contributed by atoms with Gasteiger partial charge in [-0.25, -0.2) is 22.8 Å². The number of hydrogen-bond acceptors (Lipinski definition) is 5. The van der Waals surface area contributed by atoms with Crippen molar-refractivity contribution in [2.75, 3.05) is 31.6 Å². The van der Waals surface area contributed by atoms with Gasteiger partial charge in [0.1, 0.15) is 24.3 Å². The van der Waals surface area contributed by atoms with E-state index in [4.69, 9.17) is 19.4 Å². The van der Waals surface area contributed by atoms with E-state index in [0.29, 0.717) is 18.8 Å². The highest BCUT2D eigenvalue weighted by Crippen LogP contribution is 2.19. The minimum Gasteiger partial charge on any atom is -0.488 e. The Morgan fingerprint density at radius 1 is 1.10 bits per heavy atom. The number of benzene rings is 2. The van der Waals surface area contributed by atoms with Crippen LogP contribution in [0, 0.1) is 17.5 Å². The maximum absolute atomic E-state index is 13.7. The molecule has 1 saturated heterocycles. The summed E-state index contributed by atoms with van der Waals surface area (Å²) in [5.74, 6) is -4.55. The standard InChI is InChI=1S/C22H21F3N4O3.C2HF3O2/c23-16-3-1-15(2-4-16)11-29-12-18(10-26-29)27-22(30)28-7-8-31-19(13-28)14-32-21-9-17(24)5-6-20(21)25;3-2(4,5)1(6)7/h1-6,9-10,12,19H,7-8,11,13-14H2,(H,27,30);(H,6,7). The second-order valence-electron chi connectivity index (χ2n) is 8.11. The highest BCUT2D eigenvalue weighted by atomic mass is 19.4. The lowest BCUT2D eigenvalue weighted by Crippen LogP contribution is -2.49. The Morgan fingerprint density at radius 3 is 2.44 bits per heavy atom. The molecule has 0 spiro atoms. The quantitative estimate of drug-likeness (QED) is 0.436. The van der Waals surface area contributed by atoms with Gasteiger partial charge in [-0.2, -0.15) is 18.3 Å². The van der Waals surface area contributed by atoms with Crippen LogP contribution >= 0.6 is 0 Å². The molecule has 2 amide bonds. The number of ether oxygens (including phenoxy) is 2. The first-order chi connectivity index (χ1) is 18.4. The Kier molecular flexibility index (Phi) is 9.76. The van der Waals surface area contributed by atoms with Crippen LogP contribution in [-0.4, -0.2) is 70.4 Å². The second-order valence-corrected chi connectivity index (χ2v) is 8.11. The van der Waals surface area contributed by atoms with Crippen LogP contribution in [0.5, 0.6) is 5.75 Å².